The maximum Gasteiger partial charge on any atom is 0.242 e. The summed E-state index contributed by atoms with van der Waals surface area (Å²) in [5.74, 6) is 0.943. The quantitative estimate of drug-likeness (QED) is 0.799. The van der Waals surface area contributed by atoms with Crippen molar-refractivity contribution in [2.75, 3.05) is 5.73 Å². The zero-order valence-corrected chi connectivity index (χ0v) is 12.1. The number of benzene rings is 1. The fourth-order valence-electron chi connectivity index (χ4n) is 1.70. The van der Waals surface area contributed by atoms with Crippen molar-refractivity contribution in [2.24, 2.45) is 0 Å². The molecule has 0 aliphatic carbocycles. The van der Waals surface area contributed by atoms with Gasteiger partial charge in [0.05, 0.1) is 23.2 Å². The Balaban J connectivity index is 2.21. The van der Waals surface area contributed by atoms with Crippen molar-refractivity contribution < 1.29 is 12.8 Å². The first-order chi connectivity index (χ1) is 9.96. The summed E-state index contributed by atoms with van der Waals surface area (Å²) in [4.78, 5) is 3.84. The average Bonchev–Trinajstić information content (AvgIpc) is 2.93. The standard InChI is InChI=1S/C13H14N4O3S/c1-2-11-7-16-13(20-11)8-17-21(18,19)12-4-3-10(15)5-9(12)6-14/h3-5,7,17H,2,8,15H2,1H3. The molecule has 0 saturated carbocycles. The zero-order valence-electron chi connectivity index (χ0n) is 11.3. The van der Waals surface area contributed by atoms with Crippen molar-refractivity contribution >= 4 is 15.7 Å². The van der Waals surface area contributed by atoms with E-state index in [1.165, 1.54) is 18.2 Å². The summed E-state index contributed by atoms with van der Waals surface area (Å²) in [6.45, 7) is 1.82. The molecular weight excluding hydrogens is 292 g/mol. The molecule has 0 bridgehead atoms. The molecule has 8 heteroatoms. The van der Waals surface area contributed by atoms with Gasteiger partial charge in [0.1, 0.15) is 11.8 Å². The molecule has 0 fully saturated rings. The lowest BCUT2D eigenvalue weighted by molar-refractivity contribution is 0.452. The molecule has 1 heterocycles. The molecule has 1 aromatic heterocycles. The third-order valence-corrected chi connectivity index (χ3v) is 4.24. The van der Waals surface area contributed by atoms with Crippen molar-refractivity contribution in [3.8, 4) is 6.07 Å². The number of nitrogens with two attached hydrogens (primary N) is 1. The summed E-state index contributed by atoms with van der Waals surface area (Å²) in [6.07, 6.45) is 2.23. The second-order valence-corrected chi connectivity index (χ2v) is 6.00. The van der Waals surface area contributed by atoms with Crippen molar-refractivity contribution in [1.82, 2.24) is 9.71 Å². The molecule has 7 nitrogen and oxygen atoms in total. The normalized spacial score (nSPS) is 11.2. The van der Waals surface area contributed by atoms with Crippen LogP contribution in [0.15, 0.2) is 33.7 Å². The topological polar surface area (TPSA) is 122 Å². The molecule has 110 valence electrons. The number of nitrogens with one attached hydrogen (secondary N) is 1. The third kappa shape index (κ3) is 3.39. The Morgan fingerprint density at radius 1 is 1.48 bits per heavy atom. The van der Waals surface area contributed by atoms with Gasteiger partial charge < -0.3 is 10.2 Å². The highest BCUT2D eigenvalue weighted by Crippen LogP contribution is 2.18. The highest BCUT2D eigenvalue weighted by atomic mass is 32.2. The maximum absolute atomic E-state index is 12.2. The number of hydrogen-bond donors (Lipinski definition) is 2. The van der Waals surface area contributed by atoms with Gasteiger partial charge in [-0.2, -0.15) is 5.26 Å². The van der Waals surface area contributed by atoms with Gasteiger partial charge in [0.2, 0.25) is 15.9 Å². The fourth-order valence-corrected chi connectivity index (χ4v) is 2.81. The second-order valence-electron chi connectivity index (χ2n) is 4.27. The Labute approximate surface area is 122 Å². The highest BCUT2D eigenvalue weighted by Gasteiger charge is 2.19. The van der Waals surface area contributed by atoms with E-state index in [0.29, 0.717) is 17.9 Å². The van der Waals surface area contributed by atoms with Crippen molar-refractivity contribution in [1.29, 1.82) is 5.26 Å². The number of hydrogen-bond acceptors (Lipinski definition) is 6. The van der Waals surface area contributed by atoms with Crippen LogP contribution in [-0.4, -0.2) is 13.4 Å². The van der Waals surface area contributed by atoms with Crippen LogP contribution in [-0.2, 0) is 23.0 Å². The van der Waals surface area contributed by atoms with Gasteiger partial charge in [-0.05, 0) is 18.2 Å². The number of rotatable bonds is 5. The lowest BCUT2D eigenvalue weighted by Gasteiger charge is -2.07. The minimum atomic E-state index is -3.84. The lowest BCUT2D eigenvalue weighted by Crippen LogP contribution is -2.24. The Morgan fingerprint density at radius 2 is 2.24 bits per heavy atom. The molecule has 0 saturated heterocycles. The molecule has 2 rings (SSSR count). The predicted octanol–water partition coefficient (Wildman–Crippen LogP) is 1.17. The molecule has 1 aromatic carbocycles. The van der Waals surface area contributed by atoms with Crippen LogP contribution in [0.3, 0.4) is 0 Å². The van der Waals surface area contributed by atoms with Gasteiger partial charge in [-0.3, -0.25) is 0 Å². The Hall–Kier alpha value is -2.37. The average molecular weight is 306 g/mol. The van der Waals surface area contributed by atoms with Crippen LogP contribution in [0, 0.1) is 11.3 Å². The largest absolute Gasteiger partial charge is 0.444 e. The van der Waals surface area contributed by atoms with Crippen LogP contribution >= 0.6 is 0 Å². The number of nitrogen functional groups attached to an aromatic ring is 1. The van der Waals surface area contributed by atoms with E-state index in [-0.39, 0.29) is 22.9 Å². The second kappa shape index (κ2) is 5.95. The van der Waals surface area contributed by atoms with Crippen molar-refractivity contribution in [3.63, 3.8) is 0 Å². The molecule has 0 radical (unpaired) electrons. The number of nitriles is 1. The molecule has 0 atom stereocenters. The molecule has 2 aromatic rings. The molecule has 0 spiro atoms. The highest BCUT2D eigenvalue weighted by molar-refractivity contribution is 7.89. The molecule has 3 N–H and O–H groups in total. The van der Waals surface area contributed by atoms with Gasteiger partial charge in [0.15, 0.2) is 0 Å². The van der Waals surface area contributed by atoms with Gasteiger partial charge in [-0.1, -0.05) is 6.92 Å². The SMILES string of the molecule is CCc1cnc(CNS(=O)(=O)c2ccc(N)cc2C#N)o1. The molecule has 0 amide bonds. The number of sulfonamides is 1. The van der Waals surface area contributed by atoms with Crippen molar-refractivity contribution in [3.05, 3.63) is 41.6 Å². The minimum absolute atomic E-state index is 0.0100. The first-order valence-corrected chi connectivity index (χ1v) is 7.67. The fraction of sp³-hybridized carbons (Fsp3) is 0.231. The minimum Gasteiger partial charge on any atom is -0.444 e. The van der Waals surface area contributed by atoms with Crippen LogP contribution < -0.4 is 10.5 Å². The van der Waals surface area contributed by atoms with Gasteiger partial charge in [0, 0.05) is 12.1 Å². The molecular formula is C13H14N4O3S. The number of nitrogens with zero attached hydrogens (tertiary/aromatic N) is 2. The van der Waals surface area contributed by atoms with Crippen LogP contribution in [0.4, 0.5) is 5.69 Å². The van der Waals surface area contributed by atoms with Crippen LogP contribution in [0.1, 0.15) is 24.1 Å². The van der Waals surface area contributed by atoms with Crippen LogP contribution in [0.25, 0.3) is 0 Å². The summed E-state index contributed by atoms with van der Waals surface area (Å²) in [7, 11) is -3.84. The van der Waals surface area contributed by atoms with Crippen LogP contribution in [0.5, 0.6) is 0 Å². The maximum atomic E-state index is 12.2. The van der Waals surface area contributed by atoms with Gasteiger partial charge in [-0.15, -0.1) is 0 Å². The van der Waals surface area contributed by atoms with E-state index in [2.05, 4.69) is 9.71 Å². The first-order valence-electron chi connectivity index (χ1n) is 6.19. The molecule has 0 aliphatic heterocycles. The molecule has 21 heavy (non-hydrogen) atoms. The predicted molar refractivity (Wildman–Crippen MR) is 75.5 cm³/mol. The van der Waals surface area contributed by atoms with Gasteiger partial charge in [-0.25, -0.2) is 18.1 Å². The monoisotopic (exact) mass is 306 g/mol. The van der Waals surface area contributed by atoms with E-state index in [1.54, 1.807) is 6.20 Å². The Kier molecular flexibility index (Phi) is 4.26. The number of anilines is 1. The Morgan fingerprint density at radius 3 is 2.86 bits per heavy atom. The van der Waals surface area contributed by atoms with Crippen LogP contribution in [0.2, 0.25) is 0 Å². The summed E-state index contributed by atoms with van der Waals surface area (Å²) >= 11 is 0. The third-order valence-electron chi connectivity index (χ3n) is 2.78. The van der Waals surface area contributed by atoms with Gasteiger partial charge >= 0.3 is 0 Å². The van der Waals surface area contributed by atoms with E-state index in [4.69, 9.17) is 15.4 Å². The van der Waals surface area contributed by atoms with E-state index < -0.39 is 10.0 Å². The first kappa shape index (κ1) is 15.0. The number of aryl methyl sites for hydroxylation is 1. The van der Waals surface area contributed by atoms with E-state index in [9.17, 15) is 8.42 Å². The number of oxazole rings is 1. The summed E-state index contributed by atoms with van der Waals surface area (Å²) in [6, 6.07) is 5.85. The van der Waals surface area contributed by atoms with E-state index in [1.807, 2.05) is 13.0 Å². The zero-order chi connectivity index (χ0) is 15.5. The number of aromatic nitrogens is 1. The van der Waals surface area contributed by atoms with E-state index in [0.717, 1.165) is 0 Å². The molecule has 0 unspecified atom stereocenters. The molecule has 0 aliphatic rings. The van der Waals surface area contributed by atoms with E-state index >= 15 is 0 Å². The smallest absolute Gasteiger partial charge is 0.242 e. The summed E-state index contributed by atoms with van der Waals surface area (Å²) in [5.41, 5.74) is 5.85. The summed E-state index contributed by atoms with van der Waals surface area (Å²) in [5, 5.41) is 9.00. The Bertz CT molecular complexity index is 790. The summed E-state index contributed by atoms with van der Waals surface area (Å²) < 4.78 is 32.1. The lowest BCUT2D eigenvalue weighted by atomic mass is 10.2. The van der Waals surface area contributed by atoms with Gasteiger partial charge in [0.25, 0.3) is 0 Å². The van der Waals surface area contributed by atoms with Crippen molar-refractivity contribution in [2.45, 2.75) is 24.8 Å².